The first-order valence-corrected chi connectivity index (χ1v) is 7.30. The molecule has 3 aromatic rings. The summed E-state index contributed by atoms with van der Waals surface area (Å²) < 4.78 is 41.1. The SMILES string of the molecule is CC(F)c1nnc2ccc(-c3ccc([C@@H]4CC4(F)F)cc3)nn12. The van der Waals surface area contributed by atoms with E-state index in [0.717, 1.165) is 5.56 Å². The maximum absolute atomic E-state index is 13.5. The Morgan fingerprint density at radius 1 is 1.13 bits per heavy atom. The maximum atomic E-state index is 13.5. The summed E-state index contributed by atoms with van der Waals surface area (Å²) in [5.41, 5.74) is 2.46. The summed E-state index contributed by atoms with van der Waals surface area (Å²) in [7, 11) is 0. The quantitative estimate of drug-likeness (QED) is 0.734. The monoisotopic (exact) mass is 318 g/mol. The average Bonchev–Trinajstić information content (AvgIpc) is 2.97. The van der Waals surface area contributed by atoms with Crippen molar-refractivity contribution in [2.75, 3.05) is 0 Å². The predicted molar refractivity (Wildman–Crippen MR) is 78.0 cm³/mol. The van der Waals surface area contributed by atoms with Crippen LogP contribution in [0.2, 0.25) is 0 Å². The van der Waals surface area contributed by atoms with Crippen molar-refractivity contribution in [3.8, 4) is 11.3 Å². The molecular formula is C16H13F3N4. The fraction of sp³-hybridized carbons (Fsp3) is 0.312. The Labute approximate surface area is 130 Å². The summed E-state index contributed by atoms with van der Waals surface area (Å²) in [5.74, 6) is -3.12. The number of rotatable bonds is 3. The van der Waals surface area contributed by atoms with Crippen molar-refractivity contribution in [1.82, 2.24) is 19.8 Å². The van der Waals surface area contributed by atoms with Crippen LogP contribution in [0.4, 0.5) is 13.2 Å². The van der Waals surface area contributed by atoms with Gasteiger partial charge >= 0.3 is 0 Å². The van der Waals surface area contributed by atoms with Gasteiger partial charge in [0.15, 0.2) is 17.6 Å². The Balaban J connectivity index is 1.70. The Morgan fingerprint density at radius 2 is 1.83 bits per heavy atom. The van der Waals surface area contributed by atoms with E-state index in [2.05, 4.69) is 15.3 Å². The first kappa shape index (κ1) is 14.2. The van der Waals surface area contributed by atoms with Crippen molar-refractivity contribution < 1.29 is 13.2 Å². The molecule has 0 spiro atoms. The Kier molecular flexibility index (Phi) is 2.94. The third kappa shape index (κ3) is 2.36. The van der Waals surface area contributed by atoms with E-state index in [1.54, 1.807) is 36.4 Å². The van der Waals surface area contributed by atoms with Crippen LogP contribution >= 0.6 is 0 Å². The second kappa shape index (κ2) is 4.78. The molecule has 2 heterocycles. The maximum Gasteiger partial charge on any atom is 0.255 e. The second-order valence-corrected chi connectivity index (χ2v) is 5.80. The zero-order valence-corrected chi connectivity index (χ0v) is 12.2. The van der Waals surface area contributed by atoms with Crippen LogP contribution in [-0.2, 0) is 0 Å². The first-order chi connectivity index (χ1) is 11.0. The van der Waals surface area contributed by atoms with Gasteiger partial charge in [-0.05, 0) is 24.6 Å². The highest BCUT2D eigenvalue weighted by molar-refractivity contribution is 5.61. The Bertz CT molecular complexity index is 871. The van der Waals surface area contributed by atoms with E-state index in [0.29, 0.717) is 16.9 Å². The van der Waals surface area contributed by atoms with Gasteiger partial charge in [-0.2, -0.15) is 9.61 Å². The fourth-order valence-electron chi connectivity index (χ4n) is 2.67. The zero-order valence-electron chi connectivity index (χ0n) is 12.2. The van der Waals surface area contributed by atoms with Gasteiger partial charge in [-0.15, -0.1) is 10.2 Å². The molecule has 1 aliphatic rings. The molecule has 23 heavy (non-hydrogen) atoms. The van der Waals surface area contributed by atoms with Gasteiger partial charge < -0.3 is 0 Å². The van der Waals surface area contributed by atoms with E-state index in [-0.39, 0.29) is 12.2 Å². The van der Waals surface area contributed by atoms with E-state index in [1.807, 2.05) is 0 Å². The lowest BCUT2D eigenvalue weighted by Crippen LogP contribution is -2.01. The molecule has 4 rings (SSSR count). The minimum absolute atomic E-state index is 0.0883. The van der Waals surface area contributed by atoms with Crippen LogP contribution < -0.4 is 0 Å². The molecule has 0 saturated heterocycles. The molecule has 4 nitrogen and oxygen atoms in total. The predicted octanol–water partition coefficient (Wildman–Crippen LogP) is 3.94. The van der Waals surface area contributed by atoms with Gasteiger partial charge in [0.1, 0.15) is 0 Å². The van der Waals surface area contributed by atoms with E-state index in [9.17, 15) is 13.2 Å². The number of alkyl halides is 3. The summed E-state index contributed by atoms with van der Waals surface area (Å²) in [5, 5.41) is 12.0. The molecule has 0 radical (unpaired) electrons. The van der Waals surface area contributed by atoms with Gasteiger partial charge in [-0.25, -0.2) is 13.2 Å². The molecule has 0 bridgehead atoms. The fourth-order valence-corrected chi connectivity index (χ4v) is 2.67. The summed E-state index contributed by atoms with van der Waals surface area (Å²) in [4.78, 5) is 0. The number of nitrogens with zero attached hydrogens (tertiary/aromatic N) is 4. The number of aromatic nitrogens is 4. The lowest BCUT2D eigenvalue weighted by atomic mass is 10.1. The molecule has 1 saturated carbocycles. The minimum atomic E-state index is -2.58. The molecular weight excluding hydrogens is 305 g/mol. The lowest BCUT2D eigenvalue weighted by Gasteiger charge is -2.05. The molecule has 118 valence electrons. The van der Waals surface area contributed by atoms with Crippen LogP contribution in [0.1, 0.15) is 36.8 Å². The molecule has 1 unspecified atom stereocenters. The van der Waals surface area contributed by atoms with Crippen molar-refractivity contribution in [2.24, 2.45) is 0 Å². The van der Waals surface area contributed by atoms with Crippen molar-refractivity contribution in [3.63, 3.8) is 0 Å². The molecule has 0 amide bonds. The van der Waals surface area contributed by atoms with E-state index < -0.39 is 18.0 Å². The Hall–Kier alpha value is -2.44. The third-order valence-corrected chi connectivity index (χ3v) is 4.08. The molecule has 1 aliphatic carbocycles. The molecule has 0 N–H and O–H groups in total. The van der Waals surface area contributed by atoms with Crippen molar-refractivity contribution >= 4 is 5.65 Å². The second-order valence-electron chi connectivity index (χ2n) is 5.80. The van der Waals surface area contributed by atoms with Gasteiger partial charge in [-0.3, -0.25) is 0 Å². The minimum Gasteiger partial charge on any atom is -0.239 e. The third-order valence-electron chi connectivity index (χ3n) is 4.08. The standard InChI is InChI=1S/C16H13F3N4/c1-9(17)15-21-20-14-7-6-13(22-23(14)15)11-4-2-10(3-5-11)12-8-16(12,18)19/h2-7,9,12H,8H2,1H3/t9?,12-/m0/s1. The summed E-state index contributed by atoms with van der Waals surface area (Å²) in [6.45, 7) is 1.37. The van der Waals surface area contributed by atoms with Crippen molar-refractivity contribution in [1.29, 1.82) is 0 Å². The van der Waals surface area contributed by atoms with E-state index >= 15 is 0 Å². The van der Waals surface area contributed by atoms with E-state index in [4.69, 9.17) is 0 Å². The normalized spacial score (nSPS) is 20.6. The van der Waals surface area contributed by atoms with E-state index in [1.165, 1.54) is 11.4 Å². The zero-order chi connectivity index (χ0) is 16.2. The number of hydrogen-bond acceptors (Lipinski definition) is 3. The van der Waals surface area contributed by atoms with Gasteiger partial charge in [0.25, 0.3) is 5.92 Å². The summed E-state index contributed by atoms with van der Waals surface area (Å²) in [6.07, 6.45) is -1.37. The van der Waals surface area contributed by atoms with Gasteiger partial charge in [-0.1, -0.05) is 24.3 Å². The number of halogens is 3. The largest absolute Gasteiger partial charge is 0.255 e. The highest BCUT2D eigenvalue weighted by atomic mass is 19.3. The highest BCUT2D eigenvalue weighted by Crippen LogP contribution is 2.55. The molecule has 2 aromatic heterocycles. The summed E-state index contributed by atoms with van der Waals surface area (Å²) >= 11 is 0. The molecule has 1 aromatic carbocycles. The first-order valence-electron chi connectivity index (χ1n) is 7.30. The van der Waals surface area contributed by atoms with Gasteiger partial charge in [0.2, 0.25) is 0 Å². The highest BCUT2D eigenvalue weighted by Gasteiger charge is 2.57. The molecule has 1 fully saturated rings. The lowest BCUT2D eigenvalue weighted by molar-refractivity contribution is 0.112. The van der Waals surface area contributed by atoms with Crippen LogP contribution in [0.3, 0.4) is 0 Å². The van der Waals surface area contributed by atoms with Gasteiger partial charge in [0, 0.05) is 12.0 Å². The van der Waals surface area contributed by atoms with Crippen LogP contribution in [0.15, 0.2) is 36.4 Å². The van der Waals surface area contributed by atoms with Crippen molar-refractivity contribution in [3.05, 3.63) is 47.8 Å². The number of hydrogen-bond donors (Lipinski definition) is 0. The van der Waals surface area contributed by atoms with Crippen LogP contribution in [0.5, 0.6) is 0 Å². The molecule has 7 heteroatoms. The van der Waals surface area contributed by atoms with Crippen LogP contribution in [-0.4, -0.2) is 25.7 Å². The number of fused-ring (bicyclic) bond motifs is 1. The smallest absolute Gasteiger partial charge is 0.239 e. The average molecular weight is 318 g/mol. The molecule has 2 atom stereocenters. The van der Waals surface area contributed by atoms with Gasteiger partial charge in [0.05, 0.1) is 11.6 Å². The topological polar surface area (TPSA) is 43.1 Å². The molecule has 0 aliphatic heterocycles. The Morgan fingerprint density at radius 3 is 2.43 bits per heavy atom. The number of benzene rings is 1. The summed E-state index contributed by atoms with van der Waals surface area (Å²) in [6, 6.07) is 10.3. The van der Waals surface area contributed by atoms with Crippen molar-refractivity contribution in [2.45, 2.75) is 31.4 Å². The van der Waals surface area contributed by atoms with Crippen LogP contribution in [0, 0.1) is 0 Å². The van der Waals surface area contributed by atoms with Crippen LogP contribution in [0.25, 0.3) is 16.9 Å².